The van der Waals surface area contributed by atoms with Crippen LogP contribution in [0, 0.1) is 11.6 Å². The fourth-order valence-electron chi connectivity index (χ4n) is 2.97. The van der Waals surface area contributed by atoms with Gasteiger partial charge in [0, 0.05) is 17.1 Å². The predicted molar refractivity (Wildman–Crippen MR) is 96.9 cm³/mol. The van der Waals surface area contributed by atoms with E-state index in [1.165, 1.54) is 24.3 Å². The number of fused-ring (bicyclic) bond motifs is 1. The Kier molecular flexibility index (Phi) is 3.65. The molecule has 0 saturated carbocycles. The summed E-state index contributed by atoms with van der Waals surface area (Å²) in [7, 11) is 0. The first-order valence-electron chi connectivity index (χ1n) is 7.82. The minimum atomic E-state index is -0.288. The van der Waals surface area contributed by atoms with Gasteiger partial charge in [0.05, 0.1) is 0 Å². The second-order valence-electron chi connectivity index (χ2n) is 5.83. The summed E-state index contributed by atoms with van der Waals surface area (Å²) in [5, 5.41) is 1.70. The molecule has 0 aliphatic heterocycles. The van der Waals surface area contributed by atoms with Crippen LogP contribution in [0.2, 0.25) is 0 Å². The Bertz CT molecular complexity index is 1070. The van der Waals surface area contributed by atoms with Crippen molar-refractivity contribution in [2.45, 2.75) is 0 Å². The van der Waals surface area contributed by atoms with Crippen molar-refractivity contribution < 1.29 is 8.78 Å². The number of aromatic nitrogens is 1. The maximum absolute atomic E-state index is 13.5. The van der Waals surface area contributed by atoms with Crippen LogP contribution in [0.1, 0.15) is 0 Å². The number of nitrogens with zero attached hydrogens (tertiary/aromatic N) is 1. The molecule has 1 aromatic heterocycles. The van der Waals surface area contributed by atoms with Crippen LogP contribution in [0.25, 0.3) is 33.0 Å². The average molecular weight is 332 g/mol. The topological polar surface area (TPSA) is 38.9 Å². The van der Waals surface area contributed by atoms with E-state index in [1.807, 2.05) is 24.3 Å². The summed E-state index contributed by atoms with van der Waals surface area (Å²) in [4.78, 5) is 4.27. The third kappa shape index (κ3) is 2.83. The Hall–Kier alpha value is -3.27. The van der Waals surface area contributed by atoms with Crippen molar-refractivity contribution in [2.24, 2.45) is 0 Å². The van der Waals surface area contributed by atoms with Crippen molar-refractivity contribution in [3.63, 3.8) is 0 Å². The lowest BCUT2D eigenvalue weighted by Gasteiger charge is -2.11. The lowest BCUT2D eigenvalue weighted by molar-refractivity contribution is 0.627. The number of benzene rings is 3. The van der Waals surface area contributed by atoms with Crippen LogP contribution >= 0.6 is 0 Å². The molecule has 4 heteroatoms. The first kappa shape index (κ1) is 15.3. The van der Waals surface area contributed by atoms with Crippen molar-refractivity contribution in [3.05, 3.63) is 84.6 Å². The van der Waals surface area contributed by atoms with E-state index in [2.05, 4.69) is 4.98 Å². The third-order valence-electron chi connectivity index (χ3n) is 4.23. The van der Waals surface area contributed by atoms with E-state index >= 15 is 0 Å². The highest BCUT2D eigenvalue weighted by Gasteiger charge is 2.10. The number of nitrogen functional groups attached to an aromatic ring is 1. The highest BCUT2D eigenvalue weighted by atomic mass is 19.1. The molecular weight excluding hydrogens is 318 g/mol. The van der Waals surface area contributed by atoms with Gasteiger partial charge in [0.1, 0.15) is 17.5 Å². The largest absolute Gasteiger partial charge is 0.383 e. The fraction of sp³-hybridized carbons (Fsp3) is 0. The first-order valence-corrected chi connectivity index (χ1v) is 7.82. The summed E-state index contributed by atoms with van der Waals surface area (Å²) in [5.41, 5.74) is 9.42. The molecule has 0 radical (unpaired) electrons. The number of rotatable bonds is 2. The van der Waals surface area contributed by atoms with Crippen molar-refractivity contribution in [1.29, 1.82) is 0 Å². The van der Waals surface area contributed by atoms with Gasteiger partial charge in [-0.3, -0.25) is 0 Å². The molecule has 0 aliphatic rings. The number of halogens is 2. The van der Waals surface area contributed by atoms with Crippen molar-refractivity contribution in [2.75, 3.05) is 5.73 Å². The molecule has 25 heavy (non-hydrogen) atoms. The summed E-state index contributed by atoms with van der Waals surface area (Å²) in [5.74, 6) is -0.173. The summed E-state index contributed by atoms with van der Waals surface area (Å²) in [6.45, 7) is 0. The Morgan fingerprint density at radius 1 is 0.680 bits per heavy atom. The summed E-state index contributed by atoms with van der Waals surface area (Å²) in [6.07, 6.45) is 1.69. The van der Waals surface area contributed by atoms with E-state index in [9.17, 15) is 8.78 Å². The number of hydrogen-bond donors (Lipinski definition) is 1. The van der Waals surface area contributed by atoms with E-state index < -0.39 is 0 Å². The normalized spacial score (nSPS) is 11.0. The maximum atomic E-state index is 13.5. The van der Waals surface area contributed by atoms with Crippen molar-refractivity contribution >= 4 is 16.6 Å². The quantitative estimate of drug-likeness (QED) is 0.531. The highest BCUT2D eigenvalue weighted by Crippen LogP contribution is 2.33. The van der Waals surface area contributed by atoms with E-state index in [1.54, 1.807) is 24.4 Å². The van der Waals surface area contributed by atoms with Gasteiger partial charge < -0.3 is 5.73 Å². The average Bonchev–Trinajstić information content (AvgIpc) is 2.63. The van der Waals surface area contributed by atoms with Crippen LogP contribution < -0.4 is 5.73 Å². The SMILES string of the molecule is Nc1ncc(-c2ccc(F)cc2)c2ccc(-c3cccc(F)c3)cc12. The minimum absolute atomic E-state index is 0.287. The molecule has 0 spiro atoms. The molecular formula is C21H14F2N2. The van der Waals surface area contributed by atoms with Gasteiger partial charge in [-0.1, -0.05) is 36.4 Å². The highest BCUT2D eigenvalue weighted by molar-refractivity contribution is 6.03. The van der Waals surface area contributed by atoms with Gasteiger partial charge >= 0.3 is 0 Å². The molecule has 122 valence electrons. The number of pyridine rings is 1. The zero-order chi connectivity index (χ0) is 17.4. The van der Waals surface area contributed by atoms with Gasteiger partial charge in [-0.2, -0.15) is 0 Å². The molecule has 2 nitrogen and oxygen atoms in total. The molecule has 0 amide bonds. The third-order valence-corrected chi connectivity index (χ3v) is 4.23. The Morgan fingerprint density at radius 2 is 1.40 bits per heavy atom. The van der Waals surface area contributed by atoms with Crippen LogP contribution in [0.15, 0.2) is 72.9 Å². The molecule has 0 aliphatic carbocycles. The molecule has 4 aromatic rings. The van der Waals surface area contributed by atoms with Gasteiger partial charge in [-0.15, -0.1) is 0 Å². The van der Waals surface area contributed by atoms with E-state index in [-0.39, 0.29) is 11.6 Å². The molecule has 4 rings (SSSR count). The second-order valence-corrected chi connectivity index (χ2v) is 5.83. The molecule has 3 aromatic carbocycles. The predicted octanol–water partition coefficient (Wildman–Crippen LogP) is 5.43. The maximum Gasteiger partial charge on any atom is 0.131 e. The van der Waals surface area contributed by atoms with E-state index in [0.29, 0.717) is 5.82 Å². The molecule has 0 bridgehead atoms. The van der Waals surface area contributed by atoms with Gasteiger partial charge in [0.15, 0.2) is 0 Å². The molecule has 1 heterocycles. The molecule has 0 unspecified atom stereocenters. The van der Waals surface area contributed by atoms with Gasteiger partial charge in [-0.25, -0.2) is 13.8 Å². The molecule has 0 fully saturated rings. The van der Waals surface area contributed by atoms with Crippen molar-refractivity contribution in [1.82, 2.24) is 4.98 Å². The Balaban J connectivity index is 1.91. The van der Waals surface area contributed by atoms with Crippen LogP contribution in [0.4, 0.5) is 14.6 Å². The van der Waals surface area contributed by atoms with Crippen LogP contribution in [-0.4, -0.2) is 4.98 Å². The van der Waals surface area contributed by atoms with Crippen LogP contribution in [0.5, 0.6) is 0 Å². The lowest BCUT2D eigenvalue weighted by atomic mass is 9.96. The minimum Gasteiger partial charge on any atom is -0.383 e. The summed E-state index contributed by atoms with van der Waals surface area (Å²) < 4.78 is 26.7. The summed E-state index contributed by atoms with van der Waals surface area (Å²) in [6, 6.07) is 18.4. The lowest BCUT2D eigenvalue weighted by Crippen LogP contribution is -1.94. The molecule has 0 atom stereocenters. The monoisotopic (exact) mass is 332 g/mol. The fourth-order valence-corrected chi connectivity index (χ4v) is 2.97. The number of anilines is 1. The van der Waals surface area contributed by atoms with Gasteiger partial charge in [0.2, 0.25) is 0 Å². The van der Waals surface area contributed by atoms with Gasteiger partial charge in [-0.05, 0) is 52.4 Å². The second kappa shape index (κ2) is 5.98. The molecule has 0 saturated heterocycles. The standard InChI is InChI=1S/C21H14F2N2/c22-16-7-4-13(5-8-16)20-12-25-21(24)19-11-15(6-9-18(19)20)14-2-1-3-17(23)10-14/h1-12H,(H2,24,25). The Labute approximate surface area is 143 Å². The van der Waals surface area contributed by atoms with E-state index in [0.717, 1.165) is 33.0 Å². The molecule has 2 N–H and O–H groups in total. The number of nitrogens with two attached hydrogens (primary N) is 1. The Morgan fingerprint density at radius 3 is 2.16 bits per heavy atom. The van der Waals surface area contributed by atoms with Crippen LogP contribution in [-0.2, 0) is 0 Å². The smallest absolute Gasteiger partial charge is 0.131 e. The first-order chi connectivity index (χ1) is 12.1. The van der Waals surface area contributed by atoms with Crippen LogP contribution in [0.3, 0.4) is 0 Å². The number of hydrogen-bond acceptors (Lipinski definition) is 2. The van der Waals surface area contributed by atoms with E-state index in [4.69, 9.17) is 5.73 Å². The summed E-state index contributed by atoms with van der Waals surface area (Å²) >= 11 is 0. The van der Waals surface area contributed by atoms with Crippen molar-refractivity contribution in [3.8, 4) is 22.3 Å². The zero-order valence-corrected chi connectivity index (χ0v) is 13.2. The zero-order valence-electron chi connectivity index (χ0n) is 13.2. The van der Waals surface area contributed by atoms with Gasteiger partial charge in [0.25, 0.3) is 0 Å².